The Morgan fingerprint density at radius 2 is 1.52 bits per heavy atom. The van der Waals surface area contributed by atoms with Gasteiger partial charge in [0, 0.05) is 38.1 Å². The Balaban J connectivity index is 2.04. The molecule has 0 unspecified atom stereocenters. The van der Waals surface area contributed by atoms with E-state index in [1.54, 1.807) is 31.4 Å². The fourth-order valence-electron chi connectivity index (χ4n) is 3.43. The predicted octanol–water partition coefficient (Wildman–Crippen LogP) is 2.94. The minimum atomic E-state index is -0.395. The van der Waals surface area contributed by atoms with E-state index in [1.807, 2.05) is 18.2 Å². The normalized spacial score (nSPS) is 13.6. The number of ether oxygens (including phenoxy) is 4. The molecule has 1 N–H and O–H groups in total. The van der Waals surface area contributed by atoms with Crippen molar-refractivity contribution in [1.82, 2.24) is 4.90 Å². The van der Waals surface area contributed by atoms with E-state index in [4.69, 9.17) is 18.9 Å². The van der Waals surface area contributed by atoms with E-state index < -0.39 is 5.91 Å². The summed E-state index contributed by atoms with van der Waals surface area (Å²) in [5.41, 5.74) is 1.70. The molecule has 0 bridgehead atoms. The second-order valence-electron chi connectivity index (χ2n) is 6.76. The maximum absolute atomic E-state index is 13.2. The molecular formula is C23H26N2O6. The molecule has 0 saturated carbocycles. The summed E-state index contributed by atoms with van der Waals surface area (Å²) in [6.45, 7) is 0.718. The zero-order valence-electron chi connectivity index (χ0n) is 18.1. The van der Waals surface area contributed by atoms with Gasteiger partial charge < -0.3 is 24.3 Å². The molecule has 0 spiro atoms. The second kappa shape index (κ2) is 9.99. The molecule has 2 aromatic rings. The highest BCUT2D eigenvalue weighted by Crippen LogP contribution is 2.41. The maximum Gasteiger partial charge on any atom is 0.278 e. The van der Waals surface area contributed by atoms with E-state index in [2.05, 4.69) is 5.32 Å². The van der Waals surface area contributed by atoms with Gasteiger partial charge in [0.1, 0.15) is 5.70 Å². The van der Waals surface area contributed by atoms with Gasteiger partial charge in [0.2, 0.25) is 5.75 Å². The molecule has 8 nitrogen and oxygen atoms in total. The van der Waals surface area contributed by atoms with Crippen LogP contribution in [0.4, 0.5) is 5.69 Å². The lowest BCUT2D eigenvalue weighted by atomic mass is 10.0. The summed E-state index contributed by atoms with van der Waals surface area (Å²) >= 11 is 0. The van der Waals surface area contributed by atoms with Gasteiger partial charge in [-0.3, -0.25) is 14.5 Å². The zero-order chi connectivity index (χ0) is 22.4. The van der Waals surface area contributed by atoms with E-state index in [9.17, 15) is 9.59 Å². The van der Waals surface area contributed by atoms with Gasteiger partial charge in [0.05, 0.1) is 26.9 Å². The molecule has 2 amide bonds. The van der Waals surface area contributed by atoms with Crippen LogP contribution in [0.25, 0.3) is 5.57 Å². The minimum absolute atomic E-state index is 0.197. The summed E-state index contributed by atoms with van der Waals surface area (Å²) in [4.78, 5) is 27.6. The molecule has 0 fully saturated rings. The van der Waals surface area contributed by atoms with Crippen LogP contribution in [0, 0.1) is 0 Å². The predicted molar refractivity (Wildman–Crippen MR) is 116 cm³/mol. The molecule has 0 aliphatic carbocycles. The van der Waals surface area contributed by atoms with Gasteiger partial charge in [-0.2, -0.15) is 0 Å². The highest BCUT2D eigenvalue weighted by molar-refractivity contribution is 6.36. The summed E-state index contributed by atoms with van der Waals surface area (Å²) in [6.07, 6.45) is 0.549. The lowest BCUT2D eigenvalue weighted by Crippen LogP contribution is -2.33. The fraction of sp³-hybridized carbons (Fsp3) is 0.304. The van der Waals surface area contributed by atoms with Crippen LogP contribution in [0.2, 0.25) is 0 Å². The first-order valence-electron chi connectivity index (χ1n) is 9.77. The van der Waals surface area contributed by atoms with Crippen molar-refractivity contribution in [1.29, 1.82) is 0 Å². The van der Waals surface area contributed by atoms with Crippen LogP contribution in [0.3, 0.4) is 0 Å². The number of amides is 2. The molecule has 3 rings (SSSR count). The van der Waals surface area contributed by atoms with Crippen LogP contribution in [0.1, 0.15) is 12.0 Å². The number of nitrogens with zero attached hydrogens (tertiary/aromatic N) is 1. The van der Waals surface area contributed by atoms with E-state index in [0.29, 0.717) is 47.1 Å². The van der Waals surface area contributed by atoms with E-state index >= 15 is 0 Å². The van der Waals surface area contributed by atoms with Crippen molar-refractivity contribution in [2.75, 3.05) is 46.9 Å². The SMILES string of the molecule is COCCCN1C(=O)C(Nc2cc(OC)c(OC)c(OC)c2)=C(c2ccccc2)C1=O. The van der Waals surface area contributed by atoms with Crippen LogP contribution in [0.5, 0.6) is 17.2 Å². The maximum atomic E-state index is 13.2. The standard InChI is InChI=1S/C23H26N2O6/c1-28-12-8-11-25-22(26)19(15-9-6-5-7-10-15)20(23(25)27)24-16-13-17(29-2)21(31-4)18(14-16)30-3/h5-7,9-10,13-14,24H,8,11-12H2,1-4H3. The van der Waals surface area contributed by atoms with Crippen molar-refractivity contribution in [2.45, 2.75) is 6.42 Å². The van der Waals surface area contributed by atoms with Crippen molar-refractivity contribution in [2.24, 2.45) is 0 Å². The number of benzene rings is 2. The highest BCUT2D eigenvalue weighted by atomic mass is 16.5. The fourth-order valence-corrected chi connectivity index (χ4v) is 3.43. The zero-order valence-corrected chi connectivity index (χ0v) is 18.1. The third-order valence-electron chi connectivity index (χ3n) is 4.89. The number of hydrogen-bond donors (Lipinski definition) is 1. The Kier molecular flexibility index (Phi) is 7.15. The number of carbonyl (C=O) groups is 2. The van der Waals surface area contributed by atoms with Crippen molar-refractivity contribution in [3.63, 3.8) is 0 Å². The number of imide groups is 1. The van der Waals surface area contributed by atoms with E-state index in [-0.39, 0.29) is 18.1 Å². The third kappa shape index (κ3) is 4.49. The number of hydrogen-bond acceptors (Lipinski definition) is 7. The van der Waals surface area contributed by atoms with Gasteiger partial charge in [-0.25, -0.2) is 0 Å². The summed E-state index contributed by atoms with van der Waals surface area (Å²) in [5, 5.41) is 3.11. The number of anilines is 1. The topological polar surface area (TPSA) is 86.3 Å². The van der Waals surface area contributed by atoms with Gasteiger partial charge in [-0.05, 0) is 12.0 Å². The average molecular weight is 426 g/mol. The van der Waals surface area contributed by atoms with Crippen LogP contribution < -0.4 is 19.5 Å². The van der Waals surface area contributed by atoms with E-state index in [1.165, 1.54) is 26.2 Å². The van der Waals surface area contributed by atoms with Crippen molar-refractivity contribution >= 4 is 23.1 Å². The highest BCUT2D eigenvalue weighted by Gasteiger charge is 2.39. The van der Waals surface area contributed by atoms with Gasteiger partial charge in [0.25, 0.3) is 11.8 Å². The molecule has 0 atom stereocenters. The largest absolute Gasteiger partial charge is 0.493 e. The number of rotatable bonds is 10. The monoisotopic (exact) mass is 426 g/mol. The van der Waals surface area contributed by atoms with Crippen molar-refractivity contribution in [3.8, 4) is 17.2 Å². The molecule has 0 saturated heterocycles. The van der Waals surface area contributed by atoms with Crippen molar-refractivity contribution in [3.05, 3.63) is 53.7 Å². The Hall–Kier alpha value is -3.52. The quantitative estimate of drug-likeness (QED) is 0.462. The molecular weight excluding hydrogens is 400 g/mol. The first kappa shape index (κ1) is 22.2. The summed E-state index contributed by atoms with van der Waals surface area (Å²) in [5.74, 6) is 0.554. The van der Waals surface area contributed by atoms with E-state index in [0.717, 1.165) is 0 Å². The van der Waals surface area contributed by atoms with Crippen LogP contribution in [-0.4, -0.2) is 58.3 Å². The molecule has 164 valence electrons. The molecule has 8 heteroatoms. The van der Waals surface area contributed by atoms with Gasteiger partial charge in [0.15, 0.2) is 11.5 Å². The Morgan fingerprint density at radius 1 is 0.871 bits per heavy atom. The smallest absolute Gasteiger partial charge is 0.278 e. The molecule has 0 aromatic heterocycles. The molecule has 2 aromatic carbocycles. The average Bonchev–Trinajstić information content (AvgIpc) is 3.03. The summed E-state index contributed by atoms with van der Waals surface area (Å²) in [7, 11) is 6.12. The van der Waals surface area contributed by atoms with Gasteiger partial charge in [-0.1, -0.05) is 30.3 Å². The van der Waals surface area contributed by atoms with Gasteiger partial charge in [-0.15, -0.1) is 0 Å². The Labute approximate surface area is 181 Å². The lowest BCUT2D eigenvalue weighted by molar-refractivity contribution is -0.136. The number of methoxy groups -OCH3 is 4. The Bertz CT molecular complexity index is 962. The first-order valence-corrected chi connectivity index (χ1v) is 9.77. The van der Waals surface area contributed by atoms with Gasteiger partial charge >= 0.3 is 0 Å². The van der Waals surface area contributed by atoms with Crippen LogP contribution >= 0.6 is 0 Å². The van der Waals surface area contributed by atoms with Crippen LogP contribution in [0.15, 0.2) is 48.2 Å². The number of carbonyl (C=O) groups excluding carboxylic acids is 2. The first-order chi connectivity index (χ1) is 15.0. The minimum Gasteiger partial charge on any atom is -0.493 e. The van der Waals surface area contributed by atoms with Crippen molar-refractivity contribution < 1.29 is 28.5 Å². The van der Waals surface area contributed by atoms with Crippen LogP contribution in [-0.2, 0) is 14.3 Å². The third-order valence-corrected chi connectivity index (χ3v) is 4.89. The Morgan fingerprint density at radius 3 is 2.06 bits per heavy atom. The summed E-state index contributed by atoms with van der Waals surface area (Å²) in [6, 6.07) is 12.5. The molecule has 1 heterocycles. The molecule has 1 aliphatic heterocycles. The summed E-state index contributed by atoms with van der Waals surface area (Å²) < 4.78 is 21.2. The number of nitrogens with one attached hydrogen (secondary N) is 1. The molecule has 0 radical (unpaired) electrons. The lowest BCUT2D eigenvalue weighted by Gasteiger charge is -2.16. The molecule has 1 aliphatic rings. The molecule has 31 heavy (non-hydrogen) atoms. The second-order valence-corrected chi connectivity index (χ2v) is 6.76.